The highest BCUT2D eigenvalue weighted by atomic mass is 32.1. The van der Waals surface area contributed by atoms with Crippen LogP contribution in [0.1, 0.15) is 31.4 Å². The van der Waals surface area contributed by atoms with E-state index in [1.54, 1.807) is 0 Å². The zero-order chi connectivity index (χ0) is 9.10. The topological polar surface area (TPSA) is 42.9 Å². The van der Waals surface area contributed by atoms with Gasteiger partial charge in [-0.1, -0.05) is 17.3 Å². The van der Waals surface area contributed by atoms with E-state index < -0.39 is 0 Å². The Morgan fingerprint density at radius 3 is 2.92 bits per heavy atom. The largest absolute Gasteiger partial charge is 0.299 e. The van der Waals surface area contributed by atoms with Crippen molar-refractivity contribution in [3.8, 4) is 0 Å². The molecule has 0 unspecified atom stereocenters. The van der Waals surface area contributed by atoms with Crippen LogP contribution in [0.2, 0.25) is 0 Å². The highest BCUT2D eigenvalue weighted by Gasteiger charge is 2.22. The zero-order valence-corrected chi connectivity index (χ0v) is 8.22. The van der Waals surface area contributed by atoms with Crippen molar-refractivity contribution < 1.29 is 4.79 Å². The summed E-state index contributed by atoms with van der Waals surface area (Å²) in [6.07, 6.45) is 5.07. The van der Waals surface area contributed by atoms with Gasteiger partial charge in [-0.2, -0.15) is 0 Å². The number of nitrogens with zero attached hydrogens (tertiary/aromatic N) is 2. The summed E-state index contributed by atoms with van der Waals surface area (Å²) in [6.45, 7) is 0. The molecule has 0 saturated heterocycles. The maximum absolute atomic E-state index is 11.6. The molecule has 1 saturated carbocycles. The van der Waals surface area contributed by atoms with Gasteiger partial charge < -0.3 is 0 Å². The minimum atomic E-state index is 0.307. The fourth-order valence-corrected chi connectivity index (χ4v) is 2.28. The molecule has 0 aliphatic heterocycles. The molecular formula is C9H12N2OS. The predicted octanol–water partition coefficient (Wildman–Crippen LogP) is 1.84. The summed E-state index contributed by atoms with van der Waals surface area (Å²) in [4.78, 5) is 11.6. The van der Waals surface area contributed by atoms with Crippen molar-refractivity contribution in [2.75, 3.05) is 0 Å². The molecule has 0 spiro atoms. The van der Waals surface area contributed by atoms with Crippen molar-refractivity contribution in [2.45, 2.75) is 32.1 Å². The van der Waals surface area contributed by atoms with Crippen molar-refractivity contribution in [2.24, 2.45) is 5.92 Å². The lowest BCUT2D eigenvalue weighted by Gasteiger charge is -2.04. The average molecular weight is 196 g/mol. The van der Waals surface area contributed by atoms with E-state index in [4.69, 9.17) is 0 Å². The van der Waals surface area contributed by atoms with Gasteiger partial charge in [0.05, 0.1) is 12.1 Å². The van der Waals surface area contributed by atoms with Gasteiger partial charge in [-0.25, -0.2) is 0 Å². The predicted molar refractivity (Wildman–Crippen MR) is 50.6 cm³/mol. The van der Waals surface area contributed by atoms with E-state index in [1.165, 1.54) is 24.4 Å². The molecule has 2 rings (SSSR count). The lowest BCUT2D eigenvalue weighted by atomic mass is 9.99. The Balaban J connectivity index is 1.91. The van der Waals surface area contributed by atoms with Crippen LogP contribution in [0.5, 0.6) is 0 Å². The van der Waals surface area contributed by atoms with Crippen molar-refractivity contribution >= 4 is 17.3 Å². The van der Waals surface area contributed by atoms with Crippen LogP contribution in [0.15, 0.2) is 5.38 Å². The van der Waals surface area contributed by atoms with E-state index >= 15 is 0 Å². The number of hydrogen-bond donors (Lipinski definition) is 0. The van der Waals surface area contributed by atoms with E-state index in [-0.39, 0.29) is 0 Å². The smallest absolute Gasteiger partial charge is 0.142 e. The van der Waals surface area contributed by atoms with Crippen LogP contribution < -0.4 is 0 Å². The van der Waals surface area contributed by atoms with Gasteiger partial charge in [0.15, 0.2) is 0 Å². The van der Waals surface area contributed by atoms with Crippen LogP contribution in [0.3, 0.4) is 0 Å². The number of aromatic nitrogens is 2. The van der Waals surface area contributed by atoms with Crippen LogP contribution >= 0.6 is 11.5 Å². The molecule has 1 aliphatic carbocycles. The summed E-state index contributed by atoms with van der Waals surface area (Å²) in [6, 6.07) is 0. The summed E-state index contributed by atoms with van der Waals surface area (Å²) < 4.78 is 3.74. The summed E-state index contributed by atoms with van der Waals surface area (Å²) >= 11 is 1.31. The molecule has 13 heavy (non-hydrogen) atoms. The van der Waals surface area contributed by atoms with Gasteiger partial charge in [0.25, 0.3) is 0 Å². The lowest BCUT2D eigenvalue weighted by Crippen LogP contribution is -2.13. The Morgan fingerprint density at radius 1 is 1.54 bits per heavy atom. The molecule has 1 aromatic heterocycles. The van der Waals surface area contributed by atoms with Crippen molar-refractivity contribution in [1.29, 1.82) is 0 Å². The third-order valence-corrected chi connectivity index (χ3v) is 3.12. The van der Waals surface area contributed by atoms with Gasteiger partial charge in [-0.05, 0) is 24.4 Å². The molecule has 0 bridgehead atoms. The number of carbonyl (C=O) groups is 1. The molecule has 4 heteroatoms. The van der Waals surface area contributed by atoms with Crippen LogP contribution in [-0.2, 0) is 11.2 Å². The number of carbonyl (C=O) groups excluding carboxylic acids is 1. The molecule has 0 amide bonds. The molecule has 1 aliphatic rings. The second-order valence-corrected chi connectivity index (χ2v) is 4.13. The summed E-state index contributed by atoms with van der Waals surface area (Å²) in [5.74, 6) is 0.659. The Kier molecular flexibility index (Phi) is 2.68. The van der Waals surface area contributed by atoms with Gasteiger partial charge in [0, 0.05) is 11.3 Å². The first-order chi connectivity index (χ1) is 6.36. The molecule has 70 valence electrons. The number of hydrogen-bond acceptors (Lipinski definition) is 4. The standard InChI is InChI=1S/C9H12N2OS/c12-9(7-3-1-2-4-7)5-8-6-13-11-10-8/h6-7H,1-5H2. The number of rotatable bonds is 3. The minimum absolute atomic E-state index is 0.307. The zero-order valence-electron chi connectivity index (χ0n) is 7.40. The molecule has 1 fully saturated rings. The Hall–Kier alpha value is -0.770. The second-order valence-electron chi connectivity index (χ2n) is 3.52. The van der Waals surface area contributed by atoms with E-state index in [0.29, 0.717) is 18.1 Å². The van der Waals surface area contributed by atoms with Crippen molar-refractivity contribution in [1.82, 2.24) is 9.59 Å². The van der Waals surface area contributed by atoms with E-state index in [9.17, 15) is 4.79 Å². The average Bonchev–Trinajstić information content (AvgIpc) is 2.74. The normalized spacial score (nSPS) is 17.8. The van der Waals surface area contributed by atoms with E-state index in [0.717, 1.165) is 18.5 Å². The van der Waals surface area contributed by atoms with Gasteiger partial charge >= 0.3 is 0 Å². The number of Topliss-reactive ketones (excluding diaryl/α,β-unsaturated/α-hetero) is 1. The Morgan fingerprint density at radius 2 is 2.31 bits per heavy atom. The van der Waals surface area contributed by atoms with Crippen LogP contribution in [0.4, 0.5) is 0 Å². The van der Waals surface area contributed by atoms with Gasteiger partial charge in [0.2, 0.25) is 0 Å². The molecule has 3 nitrogen and oxygen atoms in total. The maximum Gasteiger partial charge on any atom is 0.142 e. The van der Waals surface area contributed by atoms with Crippen LogP contribution in [-0.4, -0.2) is 15.4 Å². The van der Waals surface area contributed by atoms with Gasteiger partial charge in [-0.3, -0.25) is 4.79 Å². The Bertz CT molecular complexity index is 278. The molecule has 1 aromatic rings. The second kappa shape index (κ2) is 3.96. The molecule has 0 radical (unpaired) electrons. The SMILES string of the molecule is O=C(Cc1csnn1)C1CCCC1. The first kappa shape index (κ1) is 8.81. The first-order valence-corrected chi connectivity index (χ1v) is 5.48. The monoisotopic (exact) mass is 196 g/mol. The highest BCUT2D eigenvalue weighted by molar-refractivity contribution is 7.03. The lowest BCUT2D eigenvalue weighted by molar-refractivity contribution is -0.122. The Labute approximate surface area is 81.3 Å². The minimum Gasteiger partial charge on any atom is -0.299 e. The molecular weight excluding hydrogens is 184 g/mol. The van der Waals surface area contributed by atoms with E-state index in [2.05, 4.69) is 9.59 Å². The van der Waals surface area contributed by atoms with Gasteiger partial charge in [0.1, 0.15) is 5.78 Å². The maximum atomic E-state index is 11.6. The highest BCUT2D eigenvalue weighted by Crippen LogP contribution is 2.26. The molecule has 0 atom stereocenters. The fraction of sp³-hybridized carbons (Fsp3) is 0.667. The van der Waals surface area contributed by atoms with Crippen LogP contribution in [0, 0.1) is 5.92 Å². The molecule has 0 N–H and O–H groups in total. The van der Waals surface area contributed by atoms with Crippen LogP contribution in [0.25, 0.3) is 0 Å². The molecule has 0 aromatic carbocycles. The summed E-state index contributed by atoms with van der Waals surface area (Å²) in [5.41, 5.74) is 0.835. The van der Waals surface area contributed by atoms with Crippen molar-refractivity contribution in [3.63, 3.8) is 0 Å². The quantitative estimate of drug-likeness (QED) is 0.740. The molecule has 1 heterocycles. The number of ketones is 1. The van der Waals surface area contributed by atoms with Crippen molar-refractivity contribution in [3.05, 3.63) is 11.1 Å². The first-order valence-electron chi connectivity index (χ1n) is 4.65. The third-order valence-electron chi connectivity index (χ3n) is 2.57. The van der Waals surface area contributed by atoms with Gasteiger partial charge in [-0.15, -0.1) is 5.10 Å². The fourth-order valence-electron chi connectivity index (χ4n) is 1.83. The summed E-state index contributed by atoms with van der Waals surface area (Å²) in [5, 5.41) is 5.73. The third kappa shape index (κ3) is 2.12. The van der Waals surface area contributed by atoms with E-state index in [1.807, 2.05) is 5.38 Å². The summed E-state index contributed by atoms with van der Waals surface area (Å²) in [7, 11) is 0.